The lowest BCUT2D eigenvalue weighted by Gasteiger charge is -2.29. The molecule has 11 atom stereocenters. The van der Waals surface area contributed by atoms with E-state index >= 15 is 0 Å². The Morgan fingerprint density at radius 1 is 0.637 bits per heavy atom. The fourth-order valence-electron chi connectivity index (χ4n) is 7.54. The van der Waals surface area contributed by atoms with Gasteiger partial charge in [0, 0.05) is 31.2 Å². The highest BCUT2D eigenvalue weighted by Gasteiger charge is 2.37. The molecule has 0 unspecified atom stereocenters. The first kappa shape index (κ1) is 66.1. The minimum Gasteiger partial charge on any atom is -0.508 e. The third kappa shape index (κ3) is 22.3. The maximum atomic E-state index is 14.4. The molecule has 17 N–H and O–H groups in total. The van der Waals surface area contributed by atoms with Gasteiger partial charge < -0.3 is 84.1 Å². The highest BCUT2D eigenvalue weighted by atomic mass is 32.2. The van der Waals surface area contributed by atoms with Gasteiger partial charge in [-0.25, -0.2) is 4.98 Å². The Kier molecular flexibility index (Phi) is 27.5. The van der Waals surface area contributed by atoms with Crippen LogP contribution >= 0.6 is 11.8 Å². The Bertz CT molecular complexity index is 2580. The van der Waals surface area contributed by atoms with Crippen molar-refractivity contribution in [3.63, 3.8) is 0 Å². The summed E-state index contributed by atoms with van der Waals surface area (Å²) >= 11 is 1.32. The van der Waals surface area contributed by atoms with Crippen LogP contribution in [0.5, 0.6) is 5.75 Å². The van der Waals surface area contributed by atoms with Crippen molar-refractivity contribution in [2.75, 3.05) is 25.2 Å². The molecule has 0 aliphatic carbocycles. The summed E-state index contributed by atoms with van der Waals surface area (Å²) in [6.45, 7) is 4.37. The number of aliphatic hydroxyl groups excluding tert-OH is 2. The third-order valence-corrected chi connectivity index (χ3v) is 13.0. The molecule has 0 saturated heterocycles. The van der Waals surface area contributed by atoms with Crippen LogP contribution in [0.1, 0.15) is 63.8 Å². The number of carbonyl (C=O) groups is 11. The number of nitrogens with one attached hydrogen (secondary N) is 10. The van der Waals surface area contributed by atoms with Gasteiger partial charge in [0.15, 0.2) is 0 Å². The number of imidazole rings is 1. The number of H-pyrrole nitrogens is 1. The number of rotatable bonds is 34. The fourth-order valence-corrected chi connectivity index (χ4v) is 8.01. The molecule has 9 amide bonds. The van der Waals surface area contributed by atoms with Crippen LogP contribution in [0.4, 0.5) is 0 Å². The molecule has 29 heteroatoms. The Balaban J connectivity index is 1.96. The van der Waals surface area contributed by atoms with E-state index in [1.165, 1.54) is 55.5 Å². The van der Waals surface area contributed by atoms with Gasteiger partial charge >= 0.3 is 11.9 Å². The second-order valence-electron chi connectivity index (χ2n) is 18.8. The predicted octanol–water partition coefficient (Wildman–Crippen LogP) is -3.78. The number of hydrogen-bond donors (Lipinski definition) is 16. The van der Waals surface area contributed by atoms with E-state index in [0.29, 0.717) is 29.0 Å². The smallest absolute Gasteiger partial charge is 0.325 e. The molecule has 0 saturated carbocycles. The number of nitrogens with zero attached hydrogens (tertiary/aromatic N) is 1. The number of aromatic hydroxyl groups is 1. The van der Waals surface area contributed by atoms with Crippen LogP contribution in [0.15, 0.2) is 67.1 Å². The molecule has 80 heavy (non-hydrogen) atoms. The summed E-state index contributed by atoms with van der Waals surface area (Å²) in [5.41, 5.74) is 6.80. The van der Waals surface area contributed by atoms with Gasteiger partial charge in [0.25, 0.3) is 0 Å². The number of aliphatic carboxylic acids is 2. The summed E-state index contributed by atoms with van der Waals surface area (Å²) in [6, 6.07) is -0.288. The Hall–Kier alpha value is -8.15. The topological polar surface area (TPSA) is 452 Å². The molecule has 0 fully saturated rings. The van der Waals surface area contributed by atoms with Crippen molar-refractivity contribution < 1.29 is 78.3 Å². The number of aliphatic hydroxyl groups is 2. The molecule has 28 nitrogen and oxygen atoms in total. The molecule has 3 rings (SSSR count). The highest BCUT2D eigenvalue weighted by molar-refractivity contribution is 7.98. The minimum absolute atomic E-state index is 0.00477. The molecule has 0 radical (unpaired) electrons. The number of phenols is 1. The van der Waals surface area contributed by atoms with E-state index in [0.717, 1.165) is 6.92 Å². The molecule has 1 heterocycles. The SMILES string of the molecule is CC[C@H](C)[C@H](NC(=O)[C@@H](N)CO)C(=O)N[C@@H](CCSC)C(=O)N[C@H](C(=O)N[C@@H](Cc1ccc(O)cc1)C(=O)N[C@@H](CC(=O)O)C(=O)N[C@@H](Cc1ccccc1)C(=O)N[C@@H](Cc1cnc[nH]1)C(=O)NCC(=O)N[C@@H](C)C(=O)O)[C@@H](C)O. The van der Waals surface area contributed by atoms with Crippen molar-refractivity contribution in [3.05, 3.63) is 83.9 Å². The number of carbonyl (C=O) groups excluding carboxylic acids is 9. The van der Waals surface area contributed by atoms with Crippen LogP contribution < -0.4 is 53.6 Å². The van der Waals surface area contributed by atoms with Crippen LogP contribution in [0, 0.1) is 5.92 Å². The Morgan fingerprint density at radius 2 is 1.15 bits per heavy atom. The molecule has 438 valence electrons. The van der Waals surface area contributed by atoms with Gasteiger partial charge in [0.1, 0.15) is 60.1 Å². The summed E-state index contributed by atoms with van der Waals surface area (Å²) < 4.78 is 0. The molecule has 1 aromatic heterocycles. The number of carboxylic acids is 2. The minimum atomic E-state index is -1.97. The first-order chi connectivity index (χ1) is 37.9. The number of nitrogens with two attached hydrogens (primary N) is 1. The number of hydrogen-bond acceptors (Lipinski definition) is 17. The van der Waals surface area contributed by atoms with Crippen molar-refractivity contribution in [1.29, 1.82) is 0 Å². The van der Waals surface area contributed by atoms with Crippen molar-refractivity contribution in [2.45, 2.75) is 127 Å². The van der Waals surface area contributed by atoms with Gasteiger partial charge in [-0.1, -0.05) is 62.7 Å². The number of aromatic amines is 1. The molecule has 2 aromatic carbocycles. The first-order valence-corrected chi connectivity index (χ1v) is 26.7. The van der Waals surface area contributed by atoms with Crippen molar-refractivity contribution in [2.24, 2.45) is 11.7 Å². The summed E-state index contributed by atoms with van der Waals surface area (Å²) in [6.07, 6.45) is 1.13. The maximum Gasteiger partial charge on any atom is 0.325 e. The van der Waals surface area contributed by atoms with Gasteiger partial charge in [-0.05, 0) is 61.5 Å². The van der Waals surface area contributed by atoms with Gasteiger partial charge in [-0.2, -0.15) is 11.8 Å². The van der Waals surface area contributed by atoms with E-state index in [1.807, 2.05) is 0 Å². The average molecular weight is 1140 g/mol. The quantitative estimate of drug-likeness (QED) is 0.0273. The van der Waals surface area contributed by atoms with Gasteiger partial charge in [0.05, 0.1) is 32.0 Å². The molecular formula is C51H72N12O16S. The average Bonchev–Trinajstić information content (AvgIpc) is 3.96. The van der Waals surface area contributed by atoms with E-state index in [-0.39, 0.29) is 25.0 Å². The maximum absolute atomic E-state index is 14.4. The van der Waals surface area contributed by atoms with Gasteiger partial charge in [0.2, 0.25) is 53.2 Å². The summed E-state index contributed by atoms with van der Waals surface area (Å²) in [7, 11) is 0. The standard InChI is InChI=1S/C51H72N12O16S/c1-6-26(2)41(62-43(70)33(52)24-64)49(76)57-34(16-17-80-5)45(72)63-42(28(4)65)50(77)61-36(19-30-12-14-32(66)15-13-30)47(74)60-38(21-40(68)69)48(75)58-35(18-29-10-8-7-9-11-29)46(73)59-37(20-31-22-53-25-55-31)44(71)54-23-39(67)56-27(3)51(78)79/h7-15,22,25-28,33-38,41-42,64-66H,6,16-21,23-24,52H2,1-5H3,(H,53,55)(H,54,71)(H,56,67)(H,57,76)(H,58,75)(H,59,73)(H,60,74)(H,61,77)(H,62,70)(H,63,72)(H,68,69)(H,78,79)/t26-,27-,28+,33-,34-,35-,36-,37-,38-,41-,42-/m0/s1. The van der Waals surface area contributed by atoms with E-state index < -0.39 is 157 Å². The number of amides is 9. The number of phenolic OH excluding ortho intramolecular Hbond substituents is 1. The zero-order valence-corrected chi connectivity index (χ0v) is 45.5. The van der Waals surface area contributed by atoms with Crippen molar-refractivity contribution in [1.82, 2.24) is 57.8 Å². The third-order valence-electron chi connectivity index (χ3n) is 12.4. The summed E-state index contributed by atoms with van der Waals surface area (Å²) in [5, 5.41) is 71.2. The van der Waals surface area contributed by atoms with Crippen LogP contribution in [0.3, 0.4) is 0 Å². The monoisotopic (exact) mass is 1140 g/mol. The van der Waals surface area contributed by atoms with E-state index in [2.05, 4.69) is 57.8 Å². The molecule has 0 aliphatic heterocycles. The Morgan fingerprint density at radius 3 is 1.68 bits per heavy atom. The molecule has 0 aliphatic rings. The normalized spacial score (nSPS) is 15.2. The lowest BCUT2D eigenvalue weighted by molar-refractivity contribution is -0.142. The summed E-state index contributed by atoms with van der Waals surface area (Å²) in [4.78, 5) is 154. The van der Waals surface area contributed by atoms with Crippen molar-refractivity contribution >= 4 is 76.9 Å². The largest absolute Gasteiger partial charge is 0.508 e. The van der Waals surface area contributed by atoms with E-state index in [1.54, 1.807) is 50.4 Å². The van der Waals surface area contributed by atoms with Crippen LogP contribution in [0.2, 0.25) is 0 Å². The first-order valence-electron chi connectivity index (χ1n) is 25.3. The molecule has 0 bridgehead atoms. The lowest BCUT2D eigenvalue weighted by Crippen LogP contribution is -2.62. The molecule has 3 aromatic rings. The predicted molar refractivity (Wildman–Crippen MR) is 287 cm³/mol. The van der Waals surface area contributed by atoms with Crippen LogP contribution in [0.25, 0.3) is 0 Å². The number of thioether (sulfide) groups is 1. The van der Waals surface area contributed by atoms with Crippen LogP contribution in [-0.2, 0) is 72.0 Å². The number of carboxylic acid groups (broad SMARTS) is 2. The number of benzene rings is 2. The van der Waals surface area contributed by atoms with Gasteiger partial charge in [-0.15, -0.1) is 0 Å². The zero-order chi connectivity index (χ0) is 59.6. The second kappa shape index (κ2) is 33.3. The molecule has 0 spiro atoms. The van der Waals surface area contributed by atoms with Crippen LogP contribution in [-0.4, -0.2) is 186 Å². The Labute approximate surface area is 464 Å². The fraction of sp³-hybridized carbons (Fsp3) is 0.490. The lowest BCUT2D eigenvalue weighted by atomic mass is 9.97. The highest BCUT2D eigenvalue weighted by Crippen LogP contribution is 2.15. The van der Waals surface area contributed by atoms with E-state index in [9.17, 15) is 73.2 Å². The number of aromatic nitrogens is 2. The zero-order valence-electron chi connectivity index (χ0n) is 44.7. The second-order valence-corrected chi connectivity index (χ2v) is 19.7. The summed E-state index contributed by atoms with van der Waals surface area (Å²) in [5.74, 6) is -12.2. The van der Waals surface area contributed by atoms with Crippen molar-refractivity contribution in [3.8, 4) is 5.75 Å². The van der Waals surface area contributed by atoms with E-state index in [4.69, 9.17) is 10.8 Å². The molecular weight excluding hydrogens is 1070 g/mol. The van der Waals surface area contributed by atoms with Gasteiger partial charge in [-0.3, -0.25) is 52.7 Å².